The van der Waals surface area contributed by atoms with E-state index >= 15 is 0 Å². The van der Waals surface area contributed by atoms with E-state index in [0.29, 0.717) is 5.02 Å². The molecule has 2 heterocycles. The van der Waals surface area contributed by atoms with Crippen molar-refractivity contribution in [1.82, 2.24) is 14.8 Å². The van der Waals surface area contributed by atoms with Crippen LogP contribution in [-0.4, -0.2) is 59.7 Å². The zero-order chi connectivity index (χ0) is 19.3. The SMILES string of the molecule is C=C1c2cc(Cl)ccc2N=C(N2CCN(C)CC2)N1N=C(C)C.CCC. The lowest BCUT2D eigenvalue weighted by Crippen LogP contribution is -2.51. The van der Waals surface area contributed by atoms with Gasteiger partial charge in [-0.1, -0.05) is 38.4 Å². The molecule has 1 aromatic rings. The highest BCUT2D eigenvalue weighted by Gasteiger charge is 2.29. The van der Waals surface area contributed by atoms with Crippen LogP contribution in [0.3, 0.4) is 0 Å². The predicted molar refractivity (Wildman–Crippen MR) is 113 cm³/mol. The van der Waals surface area contributed by atoms with Crippen molar-refractivity contribution in [2.75, 3.05) is 33.2 Å². The highest BCUT2D eigenvalue weighted by Crippen LogP contribution is 2.36. The Morgan fingerprint density at radius 1 is 1.19 bits per heavy atom. The van der Waals surface area contributed by atoms with Crippen molar-refractivity contribution in [3.8, 4) is 0 Å². The number of piperazine rings is 1. The number of hydrogen-bond acceptors (Lipinski definition) is 5. The van der Waals surface area contributed by atoms with E-state index < -0.39 is 0 Å². The van der Waals surface area contributed by atoms with Gasteiger partial charge in [-0.3, -0.25) is 0 Å². The molecule has 0 saturated carbocycles. The summed E-state index contributed by atoms with van der Waals surface area (Å²) in [7, 11) is 2.14. The van der Waals surface area contributed by atoms with Crippen LogP contribution >= 0.6 is 11.6 Å². The van der Waals surface area contributed by atoms with Gasteiger partial charge < -0.3 is 9.80 Å². The van der Waals surface area contributed by atoms with Gasteiger partial charge in [0.05, 0.1) is 11.4 Å². The molecule has 0 aromatic heterocycles. The fraction of sp³-hybridized carbons (Fsp3) is 0.500. The third-order valence-electron chi connectivity index (χ3n) is 4.02. The Balaban J connectivity index is 0.000000758. The first-order valence-corrected chi connectivity index (χ1v) is 9.58. The van der Waals surface area contributed by atoms with E-state index in [9.17, 15) is 0 Å². The van der Waals surface area contributed by atoms with Crippen molar-refractivity contribution in [3.05, 3.63) is 35.4 Å². The van der Waals surface area contributed by atoms with E-state index in [0.717, 1.165) is 54.8 Å². The third-order valence-corrected chi connectivity index (χ3v) is 4.26. The summed E-state index contributed by atoms with van der Waals surface area (Å²) in [6.07, 6.45) is 1.25. The van der Waals surface area contributed by atoms with E-state index in [-0.39, 0.29) is 0 Å². The Kier molecular flexibility index (Phi) is 7.23. The fourth-order valence-electron chi connectivity index (χ4n) is 2.74. The molecule has 0 bridgehead atoms. The lowest BCUT2D eigenvalue weighted by Gasteiger charge is -2.39. The molecular weight excluding hydrogens is 346 g/mol. The predicted octanol–water partition coefficient (Wildman–Crippen LogP) is 4.67. The van der Waals surface area contributed by atoms with Crippen molar-refractivity contribution in [2.45, 2.75) is 34.1 Å². The van der Waals surface area contributed by atoms with Crippen LogP contribution in [0, 0.1) is 0 Å². The van der Waals surface area contributed by atoms with Crippen LogP contribution in [0.2, 0.25) is 5.02 Å². The molecule has 1 saturated heterocycles. The summed E-state index contributed by atoms with van der Waals surface area (Å²) >= 11 is 6.14. The molecule has 2 aliphatic rings. The molecular formula is C20H30ClN5. The van der Waals surface area contributed by atoms with Gasteiger partial charge in [0.15, 0.2) is 0 Å². The maximum atomic E-state index is 6.14. The molecule has 5 nitrogen and oxygen atoms in total. The number of hydrazone groups is 1. The van der Waals surface area contributed by atoms with Gasteiger partial charge in [-0.05, 0) is 39.1 Å². The highest BCUT2D eigenvalue weighted by molar-refractivity contribution is 6.31. The summed E-state index contributed by atoms with van der Waals surface area (Å²) in [4.78, 5) is 9.44. The Bertz CT molecular complexity index is 698. The summed E-state index contributed by atoms with van der Waals surface area (Å²) in [5.74, 6) is 0.846. The van der Waals surface area contributed by atoms with Crippen LogP contribution in [0.25, 0.3) is 5.70 Å². The molecule has 142 valence electrons. The fourth-order valence-corrected chi connectivity index (χ4v) is 2.92. The average Bonchev–Trinajstić information content (AvgIpc) is 2.59. The second-order valence-corrected chi connectivity index (χ2v) is 7.31. The van der Waals surface area contributed by atoms with Gasteiger partial charge >= 0.3 is 0 Å². The molecule has 6 heteroatoms. The molecule has 2 aliphatic heterocycles. The van der Waals surface area contributed by atoms with Gasteiger partial charge in [-0.25, -0.2) is 10.0 Å². The van der Waals surface area contributed by atoms with Gasteiger partial charge in [0.1, 0.15) is 0 Å². The molecule has 26 heavy (non-hydrogen) atoms. The molecule has 0 aliphatic carbocycles. The second kappa shape index (κ2) is 9.19. The lowest BCUT2D eigenvalue weighted by atomic mass is 10.1. The van der Waals surface area contributed by atoms with Crippen molar-refractivity contribution in [1.29, 1.82) is 0 Å². The van der Waals surface area contributed by atoms with Crippen LogP contribution in [-0.2, 0) is 0 Å². The molecule has 0 atom stereocenters. The standard InChI is InChI=1S/C17H22ClN5.C3H8/c1-12(2)20-23-13(3)15-11-14(18)5-6-16(15)19-17(23)22-9-7-21(4)8-10-22;1-3-2/h5-6,11H,3,7-10H2,1-2,4H3;3H2,1-2H3. The first-order chi connectivity index (χ1) is 12.4. The van der Waals surface area contributed by atoms with Gasteiger partial charge in [-0.15, -0.1) is 0 Å². The van der Waals surface area contributed by atoms with E-state index in [4.69, 9.17) is 16.6 Å². The minimum atomic E-state index is 0.681. The quantitative estimate of drug-likeness (QED) is 0.669. The number of nitrogens with zero attached hydrogens (tertiary/aromatic N) is 5. The first kappa shape index (κ1) is 20.5. The average molecular weight is 376 g/mol. The molecule has 0 amide bonds. The Labute approximate surface area is 162 Å². The van der Waals surface area contributed by atoms with Crippen molar-refractivity contribution in [3.63, 3.8) is 0 Å². The maximum Gasteiger partial charge on any atom is 0.227 e. The van der Waals surface area contributed by atoms with Gasteiger partial charge in [-0.2, -0.15) is 5.10 Å². The summed E-state index contributed by atoms with van der Waals surface area (Å²) in [6, 6.07) is 5.71. The van der Waals surface area contributed by atoms with E-state index in [2.05, 4.69) is 42.4 Å². The van der Waals surface area contributed by atoms with E-state index in [1.54, 1.807) is 0 Å². The largest absolute Gasteiger partial charge is 0.338 e. The number of rotatable bonds is 1. The van der Waals surface area contributed by atoms with E-state index in [1.165, 1.54) is 6.42 Å². The number of halogens is 1. The number of likely N-dealkylation sites (N-methyl/N-ethyl adjacent to an activating group) is 1. The van der Waals surface area contributed by atoms with Crippen LogP contribution in [0.5, 0.6) is 0 Å². The van der Waals surface area contributed by atoms with Crippen LogP contribution in [0.4, 0.5) is 5.69 Å². The summed E-state index contributed by atoms with van der Waals surface area (Å²) in [6.45, 7) is 16.3. The van der Waals surface area contributed by atoms with Gasteiger partial charge in [0, 0.05) is 42.5 Å². The first-order valence-electron chi connectivity index (χ1n) is 9.20. The lowest BCUT2D eigenvalue weighted by molar-refractivity contribution is 0.204. The third kappa shape index (κ3) is 4.86. The number of guanidine groups is 1. The Morgan fingerprint density at radius 3 is 2.38 bits per heavy atom. The molecule has 0 radical (unpaired) electrons. The molecule has 1 aromatic carbocycles. The topological polar surface area (TPSA) is 34.4 Å². The summed E-state index contributed by atoms with van der Waals surface area (Å²) in [5.41, 5.74) is 3.60. The molecule has 3 rings (SSSR count). The number of benzene rings is 1. The van der Waals surface area contributed by atoms with Crippen LogP contribution < -0.4 is 0 Å². The number of hydrogen-bond donors (Lipinski definition) is 0. The summed E-state index contributed by atoms with van der Waals surface area (Å²) < 4.78 is 0. The minimum Gasteiger partial charge on any atom is -0.338 e. The molecule has 0 unspecified atom stereocenters. The molecule has 0 N–H and O–H groups in total. The second-order valence-electron chi connectivity index (χ2n) is 6.88. The van der Waals surface area contributed by atoms with Crippen molar-refractivity contribution in [2.24, 2.45) is 10.1 Å². The zero-order valence-electron chi connectivity index (χ0n) is 16.6. The minimum absolute atomic E-state index is 0.681. The van der Waals surface area contributed by atoms with Crippen molar-refractivity contribution < 1.29 is 0 Å². The Morgan fingerprint density at radius 2 is 1.81 bits per heavy atom. The summed E-state index contributed by atoms with van der Waals surface area (Å²) in [5, 5.41) is 7.17. The molecule has 1 fully saturated rings. The van der Waals surface area contributed by atoms with Crippen LogP contribution in [0.1, 0.15) is 39.7 Å². The van der Waals surface area contributed by atoms with Crippen LogP contribution in [0.15, 0.2) is 34.9 Å². The highest BCUT2D eigenvalue weighted by atomic mass is 35.5. The molecule has 0 spiro atoms. The van der Waals surface area contributed by atoms with E-state index in [1.807, 2.05) is 37.1 Å². The number of fused-ring (bicyclic) bond motifs is 1. The Hall–Kier alpha value is -1.85. The van der Waals surface area contributed by atoms with Gasteiger partial charge in [0.2, 0.25) is 5.96 Å². The van der Waals surface area contributed by atoms with Crippen molar-refractivity contribution >= 4 is 34.7 Å². The maximum absolute atomic E-state index is 6.14. The van der Waals surface area contributed by atoms with Gasteiger partial charge in [0.25, 0.3) is 0 Å². The smallest absolute Gasteiger partial charge is 0.227 e. The normalized spacial score (nSPS) is 17.2. The monoisotopic (exact) mass is 375 g/mol. The zero-order valence-corrected chi connectivity index (χ0v) is 17.3. The number of aliphatic imine (C=N–C) groups is 1.